The third kappa shape index (κ3) is 3.26. The maximum atomic E-state index is 11.2. The molecule has 2 aromatic heterocycles. The van der Waals surface area contributed by atoms with E-state index in [0.717, 1.165) is 21.9 Å². The number of anilines is 2. The van der Waals surface area contributed by atoms with Crippen molar-refractivity contribution < 1.29 is 19.8 Å². The number of thiophene rings is 1. The normalized spacial score (nSPS) is 10.8. The summed E-state index contributed by atoms with van der Waals surface area (Å²) in [6, 6.07) is 3.77. The number of carboxylic acids is 2. The van der Waals surface area contributed by atoms with E-state index in [1.807, 2.05) is 13.8 Å². The summed E-state index contributed by atoms with van der Waals surface area (Å²) in [5.74, 6) is -2.05. The molecule has 1 aromatic carbocycles. The first-order valence-corrected chi connectivity index (χ1v) is 8.27. The standard InChI is InChI=1S/C16H12ClN3O4S/c1-6-7(2)25-13-11(6)12(19-16(17)20-13)18-10-4-8(14(21)22)3-9(5-10)15(23)24/h3-5H,1-2H3,(H,21,22)(H,23,24)(H,18,19,20). The van der Waals surface area contributed by atoms with Crippen LogP contribution in [0, 0.1) is 13.8 Å². The fraction of sp³-hybridized carbons (Fsp3) is 0.125. The molecule has 0 unspecified atom stereocenters. The number of halogens is 1. The molecule has 0 fully saturated rings. The molecule has 0 bridgehead atoms. The number of carbonyl (C=O) groups is 2. The Bertz CT molecular complexity index is 1000. The highest BCUT2D eigenvalue weighted by Crippen LogP contribution is 2.35. The van der Waals surface area contributed by atoms with E-state index in [-0.39, 0.29) is 22.1 Å². The third-order valence-corrected chi connectivity index (χ3v) is 4.96. The Morgan fingerprint density at radius 3 is 2.24 bits per heavy atom. The molecule has 0 saturated heterocycles. The van der Waals surface area contributed by atoms with Crippen LogP contribution in [0.25, 0.3) is 10.2 Å². The fourth-order valence-corrected chi connectivity index (χ4v) is 3.65. The van der Waals surface area contributed by atoms with Gasteiger partial charge < -0.3 is 15.5 Å². The molecule has 2 heterocycles. The Morgan fingerprint density at radius 2 is 1.68 bits per heavy atom. The molecule has 9 heteroatoms. The van der Waals surface area contributed by atoms with Crippen LogP contribution in [0.4, 0.5) is 11.5 Å². The number of nitrogens with zero attached hydrogens (tertiary/aromatic N) is 2. The van der Waals surface area contributed by atoms with Gasteiger partial charge in [-0.05, 0) is 49.2 Å². The second kappa shape index (κ2) is 6.30. The quantitative estimate of drug-likeness (QED) is 0.586. The lowest BCUT2D eigenvalue weighted by molar-refractivity contribution is 0.0696. The van der Waals surface area contributed by atoms with Gasteiger partial charge in [0.05, 0.1) is 16.5 Å². The van der Waals surface area contributed by atoms with E-state index in [1.54, 1.807) is 0 Å². The summed E-state index contributed by atoms with van der Waals surface area (Å²) in [6.45, 7) is 3.87. The minimum absolute atomic E-state index is 0.0455. The van der Waals surface area contributed by atoms with Gasteiger partial charge in [-0.1, -0.05) is 0 Å². The van der Waals surface area contributed by atoms with Crippen molar-refractivity contribution in [3.8, 4) is 0 Å². The molecule has 0 aliphatic rings. The number of rotatable bonds is 4. The van der Waals surface area contributed by atoms with Crippen molar-refractivity contribution in [3.05, 3.63) is 45.1 Å². The van der Waals surface area contributed by atoms with Gasteiger partial charge in [-0.3, -0.25) is 0 Å². The van der Waals surface area contributed by atoms with Crippen LogP contribution in [0.15, 0.2) is 18.2 Å². The van der Waals surface area contributed by atoms with Crippen molar-refractivity contribution >= 4 is 56.6 Å². The average molecular weight is 378 g/mol. The Balaban J connectivity index is 2.16. The maximum Gasteiger partial charge on any atom is 0.335 e. The molecule has 0 radical (unpaired) electrons. The molecule has 0 aliphatic heterocycles. The van der Waals surface area contributed by atoms with E-state index in [2.05, 4.69) is 15.3 Å². The van der Waals surface area contributed by atoms with Gasteiger partial charge in [0.15, 0.2) is 0 Å². The average Bonchev–Trinajstić information content (AvgIpc) is 2.81. The van der Waals surface area contributed by atoms with Crippen LogP contribution in [0.5, 0.6) is 0 Å². The first-order chi connectivity index (χ1) is 11.8. The molecule has 7 nitrogen and oxygen atoms in total. The van der Waals surface area contributed by atoms with Crippen LogP contribution >= 0.6 is 22.9 Å². The summed E-state index contributed by atoms with van der Waals surface area (Å²) in [5, 5.41) is 22.1. The van der Waals surface area contributed by atoms with Gasteiger partial charge in [0.1, 0.15) is 10.6 Å². The second-order valence-corrected chi connectivity index (χ2v) is 6.88. The number of aryl methyl sites for hydroxylation is 2. The number of aromatic nitrogens is 2. The van der Waals surface area contributed by atoms with Crippen LogP contribution in [0.1, 0.15) is 31.2 Å². The summed E-state index contributed by atoms with van der Waals surface area (Å²) in [4.78, 5) is 32.6. The molecule has 0 amide bonds. The van der Waals surface area contributed by atoms with Gasteiger partial charge in [0.2, 0.25) is 5.28 Å². The SMILES string of the molecule is Cc1sc2nc(Cl)nc(Nc3cc(C(=O)O)cc(C(=O)O)c3)c2c1C. The van der Waals surface area contributed by atoms with E-state index < -0.39 is 11.9 Å². The van der Waals surface area contributed by atoms with Gasteiger partial charge >= 0.3 is 11.9 Å². The third-order valence-electron chi connectivity index (χ3n) is 3.69. The highest BCUT2D eigenvalue weighted by molar-refractivity contribution is 7.18. The first-order valence-electron chi connectivity index (χ1n) is 7.08. The maximum absolute atomic E-state index is 11.2. The molecule has 0 aliphatic carbocycles. The minimum Gasteiger partial charge on any atom is -0.478 e. The number of carboxylic acid groups (broad SMARTS) is 2. The number of nitrogens with one attached hydrogen (secondary N) is 1. The largest absolute Gasteiger partial charge is 0.478 e. The number of hydrogen-bond donors (Lipinski definition) is 3. The number of aromatic carboxylic acids is 2. The number of benzene rings is 1. The Hall–Kier alpha value is -2.71. The van der Waals surface area contributed by atoms with E-state index in [9.17, 15) is 19.8 Å². The number of hydrogen-bond acceptors (Lipinski definition) is 6. The predicted octanol–water partition coefficient (Wildman–Crippen LogP) is 4.10. The summed E-state index contributed by atoms with van der Waals surface area (Å²) in [6.07, 6.45) is 0. The molecular formula is C16H12ClN3O4S. The van der Waals surface area contributed by atoms with E-state index >= 15 is 0 Å². The lowest BCUT2D eigenvalue weighted by Gasteiger charge is -2.10. The van der Waals surface area contributed by atoms with Crippen LogP contribution < -0.4 is 5.32 Å². The number of fused-ring (bicyclic) bond motifs is 1. The van der Waals surface area contributed by atoms with E-state index in [1.165, 1.54) is 23.5 Å². The summed E-state index contributed by atoms with van der Waals surface area (Å²) >= 11 is 7.44. The smallest absolute Gasteiger partial charge is 0.335 e. The highest BCUT2D eigenvalue weighted by Gasteiger charge is 2.16. The summed E-state index contributed by atoms with van der Waals surface area (Å²) in [5.41, 5.74) is 0.984. The molecule has 128 valence electrons. The Kier molecular flexibility index (Phi) is 4.32. The zero-order valence-corrected chi connectivity index (χ0v) is 14.7. The van der Waals surface area contributed by atoms with Crippen molar-refractivity contribution in [1.29, 1.82) is 0 Å². The summed E-state index contributed by atoms with van der Waals surface area (Å²) in [7, 11) is 0. The molecule has 0 saturated carbocycles. The molecule has 0 atom stereocenters. The lowest BCUT2D eigenvalue weighted by atomic mass is 10.1. The van der Waals surface area contributed by atoms with Crippen LogP contribution in [-0.2, 0) is 0 Å². The second-order valence-electron chi connectivity index (χ2n) is 5.34. The van der Waals surface area contributed by atoms with Crippen molar-refractivity contribution in [2.24, 2.45) is 0 Å². The van der Waals surface area contributed by atoms with Crippen LogP contribution in [0.3, 0.4) is 0 Å². The Labute approximate surface area is 150 Å². The van der Waals surface area contributed by atoms with Crippen molar-refractivity contribution in [2.45, 2.75) is 13.8 Å². The molecule has 3 aromatic rings. The van der Waals surface area contributed by atoms with Gasteiger partial charge in [-0.15, -0.1) is 11.3 Å². The van der Waals surface area contributed by atoms with Gasteiger partial charge in [-0.25, -0.2) is 14.6 Å². The molecular weight excluding hydrogens is 366 g/mol. The van der Waals surface area contributed by atoms with Gasteiger partial charge in [0, 0.05) is 10.6 Å². The first kappa shape index (κ1) is 17.1. The van der Waals surface area contributed by atoms with E-state index in [4.69, 9.17) is 11.6 Å². The van der Waals surface area contributed by atoms with Gasteiger partial charge in [-0.2, -0.15) is 4.98 Å². The monoisotopic (exact) mass is 377 g/mol. The lowest BCUT2D eigenvalue weighted by Crippen LogP contribution is -2.05. The van der Waals surface area contributed by atoms with Gasteiger partial charge in [0.25, 0.3) is 0 Å². The zero-order chi connectivity index (χ0) is 18.3. The Morgan fingerprint density at radius 1 is 1.08 bits per heavy atom. The summed E-state index contributed by atoms with van der Waals surface area (Å²) < 4.78 is 0. The molecule has 0 spiro atoms. The predicted molar refractivity (Wildman–Crippen MR) is 95.5 cm³/mol. The fourth-order valence-electron chi connectivity index (χ4n) is 2.40. The minimum atomic E-state index is -1.22. The molecule has 3 rings (SSSR count). The van der Waals surface area contributed by atoms with Crippen molar-refractivity contribution in [2.75, 3.05) is 5.32 Å². The van der Waals surface area contributed by atoms with Crippen LogP contribution in [-0.4, -0.2) is 32.1 Å². The topological polar surface area (TPSA) is 112 Å². The van der Waals surface area contributed by atoms with Crippen molar-refractivity contribution in [3.63, 3.8) is 0 Å². The van der Waals surface area contributed by atoms with Crippen molar-refractivity contribution in [1.82, 2.24) is 9.97 Å². The van der Waals surface area contributed by atoms with E-state index in [0.29, 0.717) is 10.6 Å². The van der Waals surface area contributed by atoms with Crippen LogP contribution in [0.2, 0.25) is 5.28 Å². The zero-order valence-electron chi connectivity index (χ0n) is 13.1. The molecule has 3 N–H and O–H groups in total. The highest BCUT2D eigenvalue weighted by atomic mass is 35.5. The molecule has 25 heavy (non-hydrogen) atoms.